The lowest BCUT2D eigenvalue weighted by Gasteiger charge is -2.39. The Morgan fingerprint density at radius 2 is 2.00 bits per heavy atom. The molecule has 2 amide bonds. The molecule has 2 aliphatic rings. The zero-order valence-corrected chi connectivity index (χ0v) is 19.4. The molecule has 2 fully saturated rings. The summed E-state index contributed by atoms with van der Waals surface area (Å²) in [6, 6.07) is 2.43. The Morgan fingerprint density at radius 3 is 2.56 bits per heavy atom. The van der Waals surface area contributed by atoms with Crippen LogP contribution in [0.2, 0.25) is 0 Å². The van der Waals surface area contributed by atoms with Gasteiger partial charge in [0, 0.05) is 19.6 Å². The van der Waals surface area contributed by atoms with Gasteiger partial charge in [-0.3, -0.25) is 10.1 Å². The second kappa shape index (κ2) is 9.81. The quantitative estimate of drug-likeness (QED) is 0.615. The molecule has 1 atom stereocenters. The van der Waals surface area contributed by atoms with Gasteiger partial charge >= 0.3 is 6.09 Å². The first kappa shape index (κ1) is 23.9. The van der Waals surface area contributed by atoms with E-state index in [4.69, 9.17) is 4.74 Å². The van der Waals surface area contributed by atoms with Crippen LogP contribution in [0.5, 0.6) is 0 Å². The molecule has 0 aromatic carbocycles. The Labute approximate surface area is 188 Å². The molecule has 1 aromatic rings. The van der Waals surface area contributed by atoms with Crippen LogP contribution in [0.3, 0.4) is 0 Å². The van der Waals surface area contributed by atoms with Crippen molar-refractivity contribution in [2.45, 2.75) is 77.5 Å². The normalized spacial score (nSPS) is 19.2. The lowest BCUT2D eigenvalue weighted by Crippen LogP contribution is -2.46. The van der Waals surface area contributed by atoms with Crippen LogP contribution in [0, 0.1) is 16.7 Å². The van der Waals surface area contributed by atoms with Gasteiger partial charge in [0.25, 0.3) is 0 Å². The second-order valence-electron chi connectivity index (χ2n) is 9.66. The molecule has 2 N–H and O–H groups in total. The number of nitriles is 1. The minimum absolute atomic E-state index is 0.113. The van der Waals surface area contributed by atoms with Crippen molar-refractivity contribution in [2.75, 3.05) is 26.2 Å². The topological polar surface area (TPSA) is 138 Å². The molecule has 1 aliphatic heterocycles. The van der Waals surface area contributed by atoms with Crippen LogP contribution in [0.25, 0.3) is 0 Å². The molecule has 32 heavy (non-hydrogen) atoms. The van der Waals surface area contributed by atoms with E-state index in [1.54, 1.807) is 4.90 Å². The Morgan fingerprint density at radius 1 is 1.31 bits per heavy atom. The van der Waals surface area contributed by atoms with E-state index >= 15 is 0 Å². The summed E-state index contributed by atoms with van der Waals surface area (Å²) < 4.78 is 7.29. The van der Waals surface area contributed by atoms with E-state index in [9.17, 15) is 14.9 Å². The maximum absolute atomic E-state index is 12.4. The third-order valence-electron chi connectivity index (χ3n) is 5.81. The number of hydrogen-bond acceptors (Lipinski definition) is 8. The Balaban J connectivity index is 1.71. The van der Waals surface area contributed by atoms with Crippen LogP contribution in [0.15, 0.2) is 0 Å². The average molecular weight is 447 g/mol. The smallest absolute Gasteiger partial charge is 0.410 e. The monoisotopic (exact) mass is 446 g/mol. The number of amides is 2. The molecule has 1 aromatic heterocycles. The van der Waals surface area contributed by atoms with Crippen molar-refractivity contribution in [3.8, 4) is 6.07 Å². The summed E-state index contributed by atoms with van der Waals surface area (Å²) in [5, 5.41) is 28.4. The van der Waals surface area contributed by atoms with Gasteiger partial charge in [-0.25, -0.2) is 9.48 Å². The van der Waals surface area contributed by atoms with Gasteiger partial charge in [-0.15, -0.1) is 5.10 Å². The van der Waals surface area contributed by atoms with E-state index in [2.05, 4.69) is 32.2 Å². The molecule has 1 aliphatic carbocycles. The molecule has 0 radical (unpaired) electrons. The van der Waals surface area contributed by atoms with Gasteiger partial charge in [-0.05, 0) is 70.2 Å². The number of nitrogens with one attached hydrogen (secondary N) is 2. The van der Waals surface area contributed by atoms with Crippen LogP contribution in [-0.2, 0) is 9.53 Å². The number of likely N-dealkylation sites (tertiary alicyclic amines) is 1. The van der Waals surface area contributed by atoms with Crippen molar-refractivity contribution in [2.24, 2.45) is 5.41 Å². The van der Waals surface area contributed by atoms with Crippen LogP contribution in [-0.4, -0.2) is 68.9 Å². The van der Waals surface area contributed by atoms with Gasteiger partial charge in [0.15, 0.2) is 5.82 Å². The van der Waals surface area contributed by atoms with Gasteiger partial charge in [0.1, 0.15) is 5.60 Å². The number of rotatable bonds is 8. The zero-order valence-electron chi connectivity index (χ0n) is 19.4. The van der Waals surface area contributed by atoms with E-state index in [-0.39, 0.29) is 30.6 Å². The highest BCUT2D eigenvalue weighted by Crippen LogP contribution is 2.41. The molecule has 11 nitrogen and oxygen atoms in total. The van der Waals surface area contributed by atoms with Gasteiger partial charge in [-0.1, -0.05) is 0 Å². The van der Waals surface area contributed by atoms with Crippen LogP contribution < -0.4 is 10.6 Å². The number of aromatic nitrogens is 4. The fraction of sp³-hybridized carbons (Fsp3) is 0.810. The Hall–Kier alpha value is -2.74. The highest BCUT2D eigenvalue weighted by atomic mass is 16.6. The van der Waals surface area contributed by atoms with E-state index in [1.165, 1.54) is 0 Å². The molecule has 0 spiro atoms. The fourth-order valence-corrected chi connectivity index (χ4v) is 3.94. The highest BCUT2D eigenvalue weighted by molar-refractivity contribution is 5.77. The summed E-state index contributed by atoms with van der Waals surface area (Å²) >= 11 is 0. The van der Waals surface area contributed by atoms with E-state index < -0.39 is 11.0 Å². The summed E-state index contributed by atoms with van der Waals surface area (Å²) in [5.41, 5.74) is -1.22. The van der Waals surface area contributed by atoms with Crippen LogP contribution >= 0.6 is 0 Å². The van der Waals surface area contributed by atoms with E-state index in [1.807, 2.05) is 32.4 Å². The largest absolute Gasteiger partial charge is 0.444 e. The number of hydrogen-bond donors (Lipinski definition) is 2. The number of carbonyl (C=O) groups excluding carboxylic acids is 2. The lowest BCUT2D eigenvalue weighted by molar-refractivity contribution is -0.120. The molecule has 0 bridgehead atoms. The van der Waals surface area contributed by atoms with Gasteiger partial charge in [0.2, 0.25) is 5.91 Å². The van der Waals surface area contributed by atoms with Crippen molar-refractivity contribution in [1.82, 2.24) is 35.7 Å². The summed E-state index contributed by atoms with van der Waals surface area (Å²) in [6.45, 7) is 8.93. The summed E-state index contributed by atoms with van der Waals surface area (Å²) in [6.07, 6.45) is 3.19. The highest BCUT2D eigenvalue weighted by Gasteiger charge is 2.41. The zero-order chi connectivity index (χ0) is 23.4. The van der Waals surface area contributed by atoms with Crippen LogP contribution in [0.4, 0.5) is 4.79 Å². The minimum atomic E-state index is -0.655. The SMILES string of the molecule is CCNC(=O)CNC(CC1(C#N)CCN(C(=O)OC(C)(C)C)CC1)c1nnnn1C1CC1. The van der Waals surface area contributed by atoms with Crippen molar-refractivity contribution in [1.29, 1.82) is 5.26 Å². The predicted molar refractivity (Wildman–Crippen MR) is 115 cm³/mol. The maximum atomic E-state index is 12.4. The first-order valence-corrected chi connectivity index (χ1v) is 11.3. The molecule has 1 saturated carbocycles. The summed E-state index contributed by atoms with van der Waals surface area (Å²) in [5.74, 6) is 0.537. The molecule has 176 valence electrons. The van der Waals surface area contributed by atoms with Crippen LogP contribution in [0.1, 0.15) is 77.7 Å². The standard InChI is InChI=1S/C21H34N8O3/c1-5-23-17(30)13-24-16(18-25-26-27-29(18)15-6-7-15)12-21(14-22)8-10-28(11-9-21)19(31)32-20(2,3)4/h15-16,24H,5-13H2,1-4H3,(H,23,30). The number of ether oxygens (including phenoxy) is 1. The average Bonchev–Trinajstić information content (AvgIpc) is 3.47. The van der Waals surface area contributed by atoms with Crippen molar-refractivity contribution >= 4 is 12.0 Å². The van der Waals surface area contributed by atoms with Crippen molar-refractivity contribution in [3.63, 3.8) is 0 Å². The predicted octanol–water partition coefficient (Wildman–Crippen LogP) is 1.71. The maximum Gasteiger partial charge on any atom is 0.410 e. The number of nitrogens with zero attached hydrogens (tertiary/aromatic N) is 6. The molecule has 1 saturated heterocycles. The minimum Gasteiger partial charge on any atom is -0.444 e. The third kappa shape index (κ3) is 6.16. The Bertz CT molecular complexity index is 844. The van der Waals surface area contributed by atoms with E-state index in [0.29, 0.717) is 44.7 Å². The number of tetrazole rings is 1. The van der Waals surface area contributed by atoms with E-state index in [0.717, 1.165) is 12.8 Å². The van der Waals surface area contributed by atoms with Gasteiger partial charge in [0.05, 0.1) is 30.1 Å². The van der Waals surface area contributed by atoms with Gasteiger partial charge in [-0.2, -0.15) is 5.26 Å². The lowest BCUT2D eigenvalue weighted by atomic mass is 9.74. The third-order valence-corrected chi connectivity index (χ3v) is 5.81. The van der Waals surface area contributed by atoms with Gasteiger partial charge < -0.3 is 15.0 Å². The number of piperidine rings is 1. The number of carbonyl (C=O) groups is 2. The first-order valence-electron chi connectivity index (χ1n) is 11.3. The molecule has 3 rings (SSSR count). The molecule has 2 heterocycles. The first-order chi connectivity index (χ1) is 15.2. The summed E-state index contributed by atoms with van der Waals surface area (Å²) in [7, 11) is 0. The Kier molecular flexibility index (Phi) is 7.33. The molecule has 11 heteroatoms. The molecular formula is C21H34N8O3. The second-order valence-corrected chi connectivity index (χ2v) is 9.66. The fourth-order valence-electron chi connectivity index (χ4n) is 3.94. The van der Waals surface area contributed by atoms with Crippen molar-refractivity contribution in [3.05, 3.63) is 5.82 Å². The van der Waals surface area contributed by atoms with Crippen molar-refractivity contribution < 1.29 is 14.3 Å². The molecular weight excluding hydrogens is 412 g/mol. The summed E-state index contributed by atoms with van der Waals surface area (Å²) in [4.78, 5) is 26.1. The number of likely N-dealkylation sites (N-methyl/N-ethyl adjacent to an activating group) is 1. The molecule has 1 unspecified atom stereocenters.